The molecule has 0 spiro atoms. The highest BCUT2D eigenvalue weighted by Crippen LogP contribution is 2.12. The highest BCUT2D eigenvalue weighted by Gasteiger charge is 2.04. The summed E-state index contributed by atoms with van der Waals surface area (Å²) in [5.41, 5.74) is 7.29. The van der Waals surface area contributed by atoms with Crippen molar-refractivity contribution in [2.75, 3.05) is 0 Å². The first-order chi connectivity index (χ1) is 7.02. The molecule has 82 valence electrons. The van der Waals surface area contributed by atoms with E-state index in [1.165, 1.54) is 0 Å². The molecule has 0 amide bonds. The SMILES string of the molecule is CC(=CCC(C)N)c1c[nH]cc(Br)c1=O. The van der Waals surface area contributed by atoms with Crippen LogP contribution in [0.5, 0.6) is 0 Å². The van der Waals surface area contributed by atoms with E-state index in [4.69, 9.17) is 5.73 Å². The van der Waals surface area contributed by atoms with Gasteiger partial charge in [-0.05, 0) is 41.8 Å². The molecule has 0 aliphatic rings. The fourth-order valence-corrected chi connectivity index (χ4v) is 1.57. The molecule has 0 saturated heterocycles. The van der Waals surface area contributed by atoms with Gasteiger partial charge in [0.1, 0.15) is 0 Å². The summed E-state index contributed by atoms with van der Waals surface area (Å²) >= 11 is 3.20. The molecule has 15 heavy (non-hydrogen) atoms. The second-order valence-corrected chi connectivity index (χ2v) is 4.50. The number of aromatic amines is 1. The van der Waals surface area contributed by atoms with Gasteiger partial charge in [0, 0.05) is 24.0 Å². The number of rotatable bonds is 3. The highest BCUT2D eigenvalue weighted by molar-refractivity contribution is 9.10. The lowest BCUT2D eigenvalue weighted by Crippen LogP contribution is -2.13. The molecule has 0 saturated carbocycles. The Morgan fingerprint density at radius 2 is 2.33 bits per heavy atom. The molecule has 0 radical (unpaired) electrons. The van der Waals surface area contributed by atoms with Crippen molar-refractivity contribution < 1.29 is 0 Å². The zero-order valence-electron chi connectivity index (χ0n) is 8.88. The van der Waals surface area contributed by atoms with Gasteiger partial charge < -0.3 is 10.7 Å². The lowest BCUT2D eigenvalue weighted by atomic mass is 10.1. The average Bonchev–Trinajstić information content (AvgIpc) is 2.18. The quantitative estimate of drug-likeness (QED) is 0.886. The Bertz CT molecular complexity index is 421. The second kappa shape index (κ2) is 5.28. The van der Waals surface area contributed by atoms with E-state index in [1.807, 2.05) is 19.9 Å². The first kappa shape index (κ1) is 12.2. The normalized spacial score (nSPS) is 14.0. The van der Waals surface area contributed by atoms with Crippen LogP contribution in [-0.2, 0) is 0 Å². The Labute approximate surface area is 97.5 Å². The topological polar surface area (TPSA) is 58.9 Å². The number of hydrogen-bond acceptors (Lipinski definition) is 2. The van der Waals surface area contributed by atoms with Gasteiger partial charge >= 0.3 is 0 Å². The second-order valence-electron chi connectivity index (χ2n) is 3.65. The number of aromatic nitrogens is 1. The van der Waals surface area contributed by atoms with Crippen LogP contribution in [0.15, 0.2) is 27.7 Å². The van der Waals surface area contributed by atoms with Gasteiger partial charge in [-0.25, -0.2) is 0 Å². The number of nitrogens with one attached hydrogen (secondary N) is 1. The number of pyridine rings is 1. The smallest absolute Gasteiger partial charge is 0.203 e. The molecule has 3 nitrogen and oxygen atoms in total. The summed E-state index contributed by atoms with van der Waals surface area (Å²) in [5.74, 6) is 0. The first-order valence-electron chi connectivity index (χ1n) is 4.81. The van der Waals surface area contributed by atoms with Gasteiger partial charge in [0.05, 0.1) is 4.47 Å². The molecule has 1 aromatic heterocycles. The minimum atomic E-state index is 0.00664. The molecule has 0 bridgehead atoms. The van der Waals surface area contributed by atoms with Gasteiger partial charge in [-0.1, -0.05) is 6.08 Å². The minimum Gasteiger partial charge on any atom is -0.366 e. The van der Waals surface area contributed by atoms with Crippen LogP contribution in [-0.4, -0.2) is 11.0 Å². The van der Waals surface area contributed by atoms with E-state index in [2.05, 4.69) is 20.9 Å². The van der Waals surface area contributed by atoms with Crippen LogP contribution in [0.3, 0.4) is 0 Å². The third-order valence-electron chi connectivity index (χ3n) is 2.12. The Balaban J connectivity index is 3.01. The van der Waals surface area contributed by atoms with E-state index < -0.39 is 0 Å². The summed E-state index contributed by atoms with van der Waals surface area (Å²) in [6, 6.07) is 0.117. The maximum atomic E-state index is 11.7. The molecule has 1 aromatic rings. The molecule has 0 aliphatic carbocycles. The summed E-state index contributed by atoms with van der Waals surface area (Å²) in [6.45, 7) is 3.86. The predicted molar refractivity (Wildman–Crippen MR) is 66.7 cm³/mol. The van der Waals surface area contributed by atoms with E-state index in [0.717, 1.165) is 12.0 Å². The Hall–Kier alpha value is -0.870. The van der Waals surface area contributed by atoms with Crippen LogP contribution in [0, 0.1) is 0 Å². The third-order valence-corrected chi connectivity index (χ3v) is 2.71. The van der Waals surface area contributed by atoms with E-state index in [9.17, 15) is 4.79 Å². The van der Waals surface area contributed by atoms with Crippen LogP contribution < -0.4 is 11.2 Å². The van der Waals surface area contributed by atoms with E-state index in [0.29, 0.717) is 10.0 Å². The van der Waals surface area contributed by atoms with E-state index in [1.54, 1.807) is 12.4 Å². The Morgan fingerprint density at radius 1 is 1.67 bits per heavy atom. The maximum Gasteiger partial charge on any atom is 0.203 e. The number of allylic oxidation sites excluding steroid dienone is 1. The van der Waals surface area contributed by atoms with Crippen molar-refractivity contribution >= 4 is 21.5 Å². The predicted octanol–water partition coefficient (Wildman–Crippen LogP) is 2.28. The van der Waals surface area contributed by atoms with Gasteiger partial charge in [-0.2, -0.15) is 0 Å². The van der Waals surface area contributed by atoms with Crippen molar-refractivity contribution in [1.29, 1.82) is 0 Å². The van der Waals surface area contributed by atoms with Crippen molar-refractivity contribution in [2.45, 2.75) is 26.3 Å². The van der Waals surface area contributed by atoms with Crippen molar-refractivity contribution in [3.8, 4) is 0 Å². The van der Waals surface area contributed by atoms with E-state index >= 15 is 0 Å². The summed E-state index contributed by atoms with van der Waals surface area (Å²) < 4.78 is 0.550. The lowest BCUT2D eigenvalue weighted by Gasteiger charge is -2.03. The molecule has 1 unspecified atom stereocenters. The van der Waals surface area contributed by atoms with Crippen LogP contribution >= 0.6 is 15.9 Å². The van der Waals surface area contributed by atoms with Crippen LogP contribution in [0.4, 0.5) is 0 Å². The minimum absolute atomic E-state index is 0.00664. The van der Waals surface area contributed by atoms with Gasteiger partial charge in [-0.3, -0.25) is 4.79 Å². The molecule has 0 aliphatic heterocycles. The number of halogens is 1. The number of hydrogen-bond donors (Lipinski definition) is 2. The molecule has 4 heteroatoms. The van der Waals surface area contributed by atoms with E-state index in [-0.39, 0.29) is 11.5 Å². The van der Waals surface area contributed by atoms with Gasteiger partial charge in [0.2, 0.25) is 5.43 Å². The summed E-state index contributed by atoms with van der Waals surface area (Å²) in [6.07, 6.45) is 6.10. The fourth-order valence-electron chi connectivity index (χ4n) is 1.22. The standard InChI is InChI=1S/C11H15BrN2O/c1-7(3-4-8(2)13)9-5-14-6-10(12)11(9)15/h3,5-6,8H,4,13H2,1-2H3,(H,14,15). The van der Waals surface area contributed by atoms with Crippen LogP contribution in [0.25, 0.3) is 5.57 Å². The monoisotopic (exact) mass is 270 g/mol. The lowest BCUT2D eigenvalue weighted by molar-refractivity contribution is 0.757. The fraction of sp³-hybridized carbons (Fsp3) is 0.364. The van der Waals surface area contributed by atoms with Crippen molar-refractivity contribution in [1.82, 2.24) is 4.98 Å². The van der Waals surface area contributed by atoms with Crippen LogP contribution in [0.2, 0.25) is 0 Å². The molecular formula is C11H15BrN2O. The molecule has 1 heterocycles. The first-order valence-corrected chi connectivity index (χ1v) is 5.61. The molecule has 0 fully saturated rings. The zero-order valence-corrected chi connectivity index (χ0v) is 10.5. The van der Waals surface area contributed by atoms with Crippen molar-refractivity contribution in [3.63, 3.8) is 0 Å². The maximum absolute atomic E-state index is 11.7. The summed E-state index contributed by atoms with van der Waals surface area (Å²) in [7, 11) is 0. The molecule has 0 aromatic carbocycles. The summed E-state index contributed by atoms with van der Waals surface area (Å²) in [4.78, 5) is 14.6. The van der Waals surface area contributed by atoms with Crippen molar-refractivity contribution in [2.24, 2.45) is 5.73 Å². The Morgan fingerprint density at radius 3 is 2.93 bits per heavy atom. The largest absolute Gasteiger partial charge is 0.366 e. The van der Waals surface area contributed by atoms with Gasteiger partial charge in [0.25, 0.3) is 0 Å². The summed E-state index contributed by atoms with van der Waals surface area (Å²) in [5, 5.41) is 0. The molecule has 1 rings (SSSR count). The molecule has 1 atom stereocenters. The Kier molecular flexibility index (Phi) is 4.29. The third kappa shape index (κ3) is 3.32. The highest BCUT2D eigenvalue weighted by atomic mass is 79.9. The number of nitrogens with two attached hydrogens (primary N) is 1. The average molecular weight is 271 g/mol. The molecular weight excluding hydrogens is 256 g/mol. The van der Waals surface area contributed by atoms with Crippen molar-refractivity contribution in [3.05, 3.63) is 38.7 Å². The number of H-pyrrole nitrogens is 1. The van der Waals surface area contributed by atoms with Gasteiger partial charge in [0.15, 0.2) is 0 Å². The van der Waals surface area contributed by atoms with Gasteiger partial charge in [-0.15, -0.1) is 0 Å². The molecule has 3 N–H and O–H groups in total. The van der Waals surface area contributed by atoms with Crippen LogP contribution in [0.1, 0.15) is 25.8 Å². The zero-order chi connectivity index (χ0) is 11.4.